The molecule has 1 spiro atoms. The third-order valence-electron chi connectivity index (χ3n) is 8.23. The molecule has 0 unspecified atom stereocenters. The number of hydrogen-bond acceptors (Lipinski definition) is 5. The molecular weight excluding hydrogens is 500 g/mol. The van der Waals surface area contributed by atoms with E-state index < -0.39 is 11.5 Å². The maximum absolute atomic E-state index is 14.1. The van der Waals surface area contributed by atoms with Crippen LogP contribution in [0.25, 0.3) is 11.1 Å². The molecular formula is C30H37F2N5O2. The predicted octanol–water partition coefficient (Wildman–Crippen LogP) is 5.93. The van der Waals surface area contributed by atoms with Gasteiger partial charge in [-0.25, -0.2) is 8.78 Å². The van der Waals surface area contributed by atoms with Crippen LogP contribution in [0.3, 0.4) is 0 Å². The number of hydrogen-bond donors (Lipinski definition) is 2. The van der Waals surface area contributed by atoms with Crippen LogP contribution in [0.5, 0.6) is 0 Å². The average molecular weight is 538 g/mol. The lowest BCUT2D eigenvalue weighted by molar-refractivity contribution is -0.131. The lowest BCUT2D eigenvalue weighted by Gasteiger charge is -2.34. The van der Waals surface area contributed by atoms with E-state index in [0.29, 0.717) is 36.3 Å². The van der Waals surface area contributed by atoms with E-state index >= 15 is 0 Å². The Morgan fingerprint density at radius 1 is 1.10 bits per heavy atom. The number of alkyl halides is 2. The summed E-state index contributed by atoms with van der Waals surface area (Å²) in [4.78, 5) is 22.0. The first-order valence-corrected chi connectivity index (χ1v) is 14.0. The Labute approximate surface area is 228 Å². The Morgan fingerprint density at radius 3 is 2.51 bits per heavy atom. The van der Waals surface area contributed by atoms with Crippen molar-refractivity contribution in [3.63, 3.8) is 0 Å². The molecule has 2 aromatic carbocycles. The summed E-state index contributed by atoms with van der Waals surface area (Å²) in [5, 5.41) is 12.5. The average Bonchev–Trinajstić information content (AvgIpc) is 3.51. The van der Waals surface area contributed by atoms with Crippen molar-refractivity contribution < 1.29 is 18.8 Å². The van der Waals surface area contributed by atoms with E-state index in [0.717, 1.165) is 61.9 Å². The molecule has 0 aromatic heterocycles. The van der Waals surface area contributed by atoms with Crippen molar-refractivity contribution in [2.75, 3.05) is 18.0 Å². The summed E-state index contributed by atoms with van der Waals surface area (Å²) in [5.74, 6) is -1.76. The van der Waals surface area contributed by atoms with Gasteiger partial charge in [0, 0.05) is 30.6 Å². The molecule has 1 saturated carbocycles. The molecule has 2 aromatic rings. The van der Waals surface area contributed by atoms with E-state index in [-0.39, 0.29) is 24.7 Å². The smallest absolute Gasteiger partial charge is 0.265 e. The van der Waals surface area contributed by atoms with Crippen LogP contribution in [0.2, 0.25) is 0 Å². The van der Waals surface area contributed by atoms with Crippen LogP contribution in [0.15, 0.2) is 52.6 Å². The number of halogens is 2. The van der Waals surface area contributed by atoms with Gasteiger partial charge in [-0.3, -0.25) is 14.7 Å². The summed E-state index contributed by atoms with van der Waals surface area (Å²) in [6.45, 7) is 2.81. The minimum absolute atomic E-state index is 0.0501. The Balaban J connectivity index is 1.41. The van der Waals surface area contributed by atoms with Gasteiger partial charge in [0.15, 0.2) is 5.84 Å². The van der Waals surface area contributed by atoms with Crippen molar-refractivity contribution in [3.8, 4) is 11.1 Å². The molecule has 2 heterocycles. The Kier molecular flexibility index (Phi) is 7.60. The van der Waals surface area contributed by atoms with E-state index in [2.05, 4.69) is 12.1 Å². The molecule has 0 bridgehead atoms. The number of piperidine rings is 1. The number of amides is 1. The molecule has 3 N–H and O–H groups in total. The molecule has 0 atom stereocenters. The topological polar surface area (TPSA) is 94.5 Å². The molecule has 3 aliphatic rings. The number of carbonyl (C=O) groups is 1. The van der Waals surface area contributed by atoms with Gasteiger partial charge < -0.3 is 15.8 Å². The molecule has 5 rings (SSSR count). The molecule has 7 nitrogen and oxygen atoms in total. The summed E-state index contributed by atoms with van der Waals surface area (Å²) >= 11 is 0. The maximum atomic E-state index is 14.1. The highest BCUT2D eigenvalue weighted by atomic mass is 19.3. The molecule has 1 amide bonds. The fraction of sp³-hybridized carbons (Fsp3) is 0.500. The van der Waals surface area contributed by atoms with E-state index in [1.54, 1.807) is 17.0 Å². The number of unbranched alkanes of at least 4 members (excludes halogenated alkanes) is 1. The number of rotatable bonds is 8. The standard InChI is InChI=1S/C30H37F2N5O2/c1-2-3-7-26-34-29(14-4-5-15-29)28(38)37(26)19-21-8-10-22(11-9-21)25-18-23(12-13-24(25)27(33)35-39)36-17-6-16-30(31,32)20-36/h8-13,18,39H,2-7,14-17,19-20H2,1H3,(H2,33,35). The highest BCUT2D eigenvalue weighted by Crippen LogP contribution is 2.40. The zero-order valence-corrected chi connectivity index (χ0v) is 22.5. The number of carbonyl (C=O) groups excluding carboxylic acids is 1. The quantitative estimate of drug-likeness (QED) is 0.189. The fourth-order valence-electron chi connectivity index (χ4n) is 6.10. The normalized spacial score (nSPS) is 20.6. The Morgan fingerprint density at radius 2 is 1.85 bits per heavy atom. The Hall–Kier alpha value is -3.49. The van der Waals surface area contributed by atoms with E-state index in [1.807, 2.05) is 35.2 Å². The fourth-order valence-corrected chi connectivity index (χ4v) is 6.10. The van der Waals surface area contributed by atoms with Gasteiger partial charge >= 0.3 is 0 Å². The summed E-state index contributed by atoms with van der Waals surface area (Å²) < 4.78 is 28.2. The number of anilines is 1. The molecule has 2 fully saturated rings. The number of oxime groups is 1. The van der Waals surface area contributed by atoms with Gasteiger partial charge in [0.25, 0.3) is 11.8 Å². The van der Waals surface area contributed by atoms with E-state index in [4.69, 9.17) is 10.7 Å². The third kappa shape index (κ3) is 5.49. The molecule has 208 valence electrons. The van der Waals surface area contributed by atoms with Crippen LogP contribution in [0.1, 0.15) is 75.8 Å². The minimum atomic E-state index is -2.73. The van der Waals surface area contributed by atoms with Crippen LogP contribution in [0, 0.1) is 0 Å². The Bertz CT molecular complexity index is 1270. The highest BCUT2D eigenvalue weighted by Gasteiger charge is 2.49. The first-order chi connectivity index (χ1) is 18.7. The number of nitrogens with zero attached hydrogens (tertiary/aromatic N) is 4. The lowest BCUT2D eigenvalue weighted by Crippen LogP contribution is -2.42. The van der Waals surface area contributed by atoms with Crippen molar-refractivity contribution in [1.29, 1.82) is 0 Å². The molecule has 9 heteroatoms. The summed E-state index contributed by atoms with van der Waals surface area (Å²) in [5.41, 5.74) is 9.08. The van der Waals surface area contributed by atoms with Gasteiger partial charge in [0.05, 0.1) is 13.1 Å². The first-order valence-electron chi connectivity index (χ1n) is 14.0. The minimum Gasteiger partial charge on any atom is -0.409 e. The molecule has 39 heavy (non-hydrogen) atoms. The van der Waals surface area contributed by atoms with E-state index in [9.17, 15) is 18.8 Å². The second-order valence-corrected chi connectivity index (χ2v) is 11.1. The van der Waals surface area contributed by atoms with Gasteiger partial charge in [-0.1, -0.05) is 55.6 Å². The second-order valence-electron chi connectivity index (χ2n) is 11.1. The number of amidine groups is 2. The zero-order chi connectivity index (χ0) is 27.6. The number of benzene rings is 2. The monoisotopic (exact) mass is 537 g/mol. The van der Waals surface area contributed by atoms with Crippen LogP contribution in [0.4, 0.5) is 14.5 Å². The van der Waals surface area contributed by atoms with Crippen molar-refractivity contribution >= 4 is 23.3 Å². The van der Waals surface area contributed by atoms with Gasteiger partial charge in [-0.15, -0.1) is 0 Å². The molecule has 2 aliphatic heterocycles. The molecule has 0 radical (unpaired) electrons. The summed E-state index contributed by atoms with van der Waals surface area (Å²) in [6.07, 6.45) is 6.87. The van der Waals surface area contributed by atoms with Crippen LogP contribution in [-0.2, 0) is 11.3 Å². The van der Waals surface area contributed by atoms with Crippen molar-refractivity contribution in [1.82, 2.24) is 4.90 Å². The number of nitrogens with two attached hydrogens (primary N) is 1. The molecule has 1 aliphatic carbocycles. The maximum Gasteiger partial charge on any atom is 0.265 e. The summed E-state index contributed by atoms with van der Waals surface area (Å²) in [7, 11) is 0. The van der Waals surface area contributed by atoms with Gasteiger partial charge in [-0.2, -0.15) is 0 Å². The second kappa shape index (κ2) is 10.9. The van der Waals surface area contributed by atoms with Gasteiger partial charge in [0.1, 0.15) is 11.4 Å². The first kappa shape index (κ1) is 27.1. The van der Waals surface area contributed by atoms with Crippen LogP contribution in [-0.4, -0.2) is 52.2 Å². The number of aliphatic imine (C=N–C) groups is 1. The zero-order valence-electron chi connectivity index (χ0n) is 22.5. The predicted molar refractivity (Wildman–Crippen MR) is 149 cm³/mol. The largest absolute Gasteiger partial charge is 0.409 e. The summed E-state index contributed by atoms with van der Waals surface area (Å²) in [6, 6.07) is 13.1. The third-order valence-corrected chi connectivity index (χ3v) is 8.23. The van der Waals surface area contributed by atoms with Crippen LogP contribution >= 0.6 is 0 Å². The van der Waals surface area contributed by atoms with Crippen molar-refractivity contribution in [3.05, 3.63) is 53.6 Å². The lowest BCUT2D eigenvalue weighted by atomic mass is 9.96. The van der Waals surface area contributed by atoms with Crippen LogP contribution < -0.4 is 10.6 Å². The van der Waals surface area contributed by atoms with Gasteiger partial charge in [-0.05, 0) is 60.6 Å². The highest BCUT2D eigenvalue weighted by molar-refractivity contribution is 6.08. The SMILES string of the molecule is CCCCC1=NC2(CCCC2)C(=O)N1Cc1ccc(-c2cc(N3CCCC(F)(F)C3)ccc2C(N)=NO)cc1. The van der Waals surface area contributed by atoms with Crippen molar-refractivity contribution in [2.24, 2.45) is 15.9 Å². The van der Waals surface area contributed by atoms with E-state index in [1.165, 1.54) is 0 Å². The van der Waals surface area contributed by atoms with Crippen molar-refractivity contribution in [2.45, 2.75) is 82.7 Å². The molecule has 1 saturated heterocycles. The van der Waals surface area contributed by atoms with Gasteiger partial charge in [0.2, 0.25) is 0 Å².